The predicted octanol–water partition coefficient (Wildman–Crippen LogP) is 2.93. The van der Waals surface area contributed by atoms with Gasteiger partial charge in [-0.2, -0.15) is 0 Å². The van der Waals surface area contributed by atoms with Crippen molar-refractivity contribution in [2.75, 3.05) is 18.6 Å². The Balaban J connectivity index is 3.04. The van der Waals surface area contributed by atoms with E-state index >= 15 is 0 Å². The summed E-state index contributed by atoms with van der Waals surface area (Å²) in [6.45, 7) is 6.24. The summed E-state index contributed by atoms with van der Waals surface area (Å²) < 4.78 is 4.68. The SMILES string of the molecule is CCCCN(C(C)=O)c1ccc(C(=O)OC)cc1C. The lowest BCUT2D eigenvalue weighted by molar-refractivity contribution is -0.116. The van der Waals surface area contributed by atoms with Crippen molar-refractivity contribution in [3.8, 4) is 0 Å². The van der Waals surface area contributed by atoms with Crippen molar-refractivity contribution in [3.63, 3.8) is 0 Å². The first kappa shape index (κ1) is 15.2. The minimum Gasteiger partial charge on any atom is -0.465 e. The fraction of sp³-hybridized carbons (Fsp3) is 0.467. The number of methoxy groups -OCH3 is 1. The van der Waals surface area contributed by atoms with Gasteiger partial charge in [0.2, 0.25) is 5.91 Å². The number of anilines is 1. The fourth-order valence-electron chi connectivity index (χ4n) is 1.97. The molecule has 0 fully saturated rings. The zero-order valence-corrected chi connectivity index (χ0v) is 12.0. The first-order valence-electron chi connectivity index (χ1n) is 6.48. The van der Waals surface area contributed by atoms with Gasteiger partial charge in [0.15, 0.2) is 0 Å². The number of benzene rings is 1. The van der Waals surface area contributed by atoms with Crippen LogP contribution in [0.3, 0.4) is 0 Å². The van der Waals surface area contributed by atoms with Crippen molar-refractivity contribution in [1.29, 1.82) is 0 Å². The highest BCUT2D eigenvalue weighted by Gasteiger charge is 2.15. The standard InChI is InChI=1S/C15H21NO3/c1-5-6-9-16(12(3)17)14-8-7-13(10-11(14)2)15(18)19-4/h7-8,10H,5-6,9H2,1-4H3. The van der Waals surface area contributed by atoms with Crippen LogP contribution < -0.4 is 4.90 Å². The lowest BCUT2D eigenvalue weighted by Gasteiger charge is -2.23. The largest absolute Gasteiger partial charge is 0.465 e. The van der Waals surface area contributed by atoms with Gasteiger partial charge in [-0.25, -0.2) is 4.79 Å². The third-order valence-electron chi connectivity index (χ3n) is 3.02. The average molecular weight is 263 g/mol. The molecule has 0 radical (unpaired) electrons. The Morgan fingerprint density at radius 1 is 1.32 bits per heavy atom. The molecule has 0 saturated carbocycles. The molecule has 0 aliphatic heterocycles. The van der Waals surface area contributed by atoms with Crippen LogP contribution in [-0.2, 0) is 9.53 Å². The molecule has 0 N–H and O–H groups in total. The second kappa shape index (κ2) is 6.92. The molecule has 1 rings (SSSR count). The van der Waals surface area contributed by atoms with Crippen LogP contribution in [0.1, 0.15) is 42.6 Å². The van der Waals surface area contributed by atoms with E-state index in [4.69, 9.17) is 0 Å². The topological polar surface area (TPSA) is 46.6 Å². The minimum atomic E-state index is -0.363. The number of nitrogens with zero attached hydrogens (tertiary/aromatic N) is 1. The van der Waals surface area contributed by atoms with Crippen molar-refractivity contribution in [3.05, 3.63) is 29.3 Å². The van der Waals surface area contributed by atoms with Gasteiger partial charge < -0.3 is 9.64 Å². The van der Waals surface area contributed by atoms with Gasteiger partial charge >= 0.3 is 5.97 Å². The van der Waals surface area contributed by atoms with Gasteiger partial charge in [-0.15, -0.1) is 0 Å². The van der Waals surface area contributed by atoms with Crippen molar-refractivity contribution in [2.24, 2.45) is 0 Å². The molecule has 0 spiro atoms. The summed E-state index contributed by atoms with van der Waals surface area (Å²) in [5.74, 6) is -0.347. The molecule has 0 unspecified atom stereocenters. The van der Waals surface area contributed by atoms with E-state index in [0.717, 1.165) is 24.1 Å². The number of esters is 1. The third kappa shape index (κ3) is 3.81. The number of carbonyl (C=O) groups excluding carboxylic acids is 2. The maximum Gasteiger partial charge on any atom is 0.337 e. The predicted molar refractivity (Wildman–Crippen MR) is 75.5 cm³/mol. The number of carbonyl (C=O) groups is 2. The van der Waals surface area contributed by atoms with E-state index in [1.54, 1.807) is 30.0 Å². The highest BCUT2D eigenvalue weighted by molar-refractivity contribution is 5.94. The average Bonchev–Trinajstić information content (AvgIpc) is 2.39. The Bertz CT molecular complexity index is 468. The molecule has 0 aromatic heterocycles. The Kier molecular flexibility index (Phi) is 5.55. The Labute approximate surface area is 114 Å². The van der Waals surface area contributed by atoms with Crippen LogP contribution >= 0.6 is 0 Å². The van der Waals surface area contributed by atoms with Crippen LogP contribution in [0.15, 0.2) is 18.2 Å². The number of aryl methyl sites for hydroxylation is 1. The van der Waals surface area contributed by atoms with Crippen molar-refractivity contribution >= 4 is 17.6 Å². The molecule has 0 bridgehead atoms. The molecule has 4 nitrogen and oxygen atoms in total. The first-order valence-corrected chi connectivity index (χ1v) is 6.48. The van der Waals surface area contributed by atoms with E-state index in [2.05, 4.69) is 11.7 Å². The van der Waals surface area contributed by atoms with Crippen LogP contribution in [0.4, 0.5) is 5.69 Å². The number of ether oxygens (including phenoxy) is 1. The summed E-state index contributed by atoms with van der Waals surface area (Å²) in [5, 5.41) is 0. The molecule has 0 atom stereocenters. The molecule has 0 aliphatic rings. The van der Waals surface area contributed by atoms with Gasteiger partial charge in [0, 0.05) is 19.2 Å². The van der Waals surface area contributed by atoms with Crippen molar-refractivity contribution < 1.29 is 14.3 Å². The number of hydrogen-bond acceptors (Lipinski definition) is 3. The van der Waals surface area contributed by atoms with Crippen LogP contribution in [0.2, 0.25) is 0 Å². The zero-order valence-electron chi connectivity index (χ0n) is 12.0. The number of hydrogen-bond donors (Lipinski definition) is 0. The highest BCUT2D eigenvalue weighted by Crippen LogP contribution is 2.22. The smallest absolute Gasteiger partial charge is 0.337 e. The maximum absolute atomic E-state index is 11.7. The van der Waals surface area contributed by atoms with Crippen LogP contribution in [0.5, 0.6) is 0 Å². The molecule has 19 heavy (non-hydrogen) atoms. The van der Waals surface area contributed by atoms with Gasteiger partial charge in [0.05, 0.1) is 12.7 Å². The number of rotatable bonds is 5. The van der Waals surface area contributed by atoms with E-state index in [9.17, 15) is 9.59 Å². The lowest BCUT2D eigenvalue weighted by atomic mass is 10.1. The second-order valence-electron chi connectivity index (χ2n) is 4.52. The number of amides is 1. The molecule has 4 heteroatoms. The van der Waals surface area contributed by atoms with E-state index in [-0.39, 0.29) is 11.9 Å². The summed E-state index contributed by atoms with van der Waals surface area (Å²) in [7, 11) is 1.36. The molecule has 104 valence electrons. The lowest BCUT2D eigenvalue weighted by Crippen LogP contribution is -2.30. The van der Waals surface area contributed by atoms with Crippen molar-refractivity contribution in [2.45, 2.75) is 33.6 Å². The summed E-state index contributed by atoms with van der Waals surface area (Å²) >= 11 is 0. The molecule has 0 heterocycles. The van der Waals surface area contributed by atoms with Gasteiger partial charge in [0.25, 0.3) is 0 Å². The summed E-state index contributed by atoms with van der Waals surface area (Å²) in [4.78, 5) is 24.9. The normalized spacial score (nSPS) is 10.1. The highest BCUT2D eigenvalue weighted by atomic mass is 16.5. The molecule has 0 saturated heterocycles. The molecular formula is C15H21NO3. The fourth-order valence-corrected chi connectivity index (χ4v) is 1.97. The monoisotopic (exact) mass is 263 g/mol. The van der Waals surface area contributed by atoms with Crippen molar-refractivity contribution in [1.82, 2.24) is 0 Å². The van der Waals surface area contributed by atoms with Crippen LogP contribution in [0, 0.1) is 6.92 Å². The molecule has 1 amide bonds. The molecular weight excluding hydrogens is 242 g/mol. The van der Waals surface area contributed by atoms with Gasteiger partial charge in [0.1, 0.15) is 0 Å². The summed E-state index contributed by atoms with van der Waals surface area (Å²) in [6, 6.07) is 5.25. The van der Waals surface area contributed by atoms with Gasteiger partial charge in [-0.3, -0.25) is 4.79 Å². The van der Waals surface area contributed by atoms with E-state index in [0.29, 0.717) is 12.1 Å². The zero-order chi connectivity index (χ0) is 14.4. The Hall–Kier alpha value is -1.84. The Morgan fingerprint density at radius 3 is 2.47 bits per heavy atom. The molecule has 0 aliphatic carbocycles. The maximum atomic E-state index is 11.7. The van der Waals surface area contributed by atoms with Crippen LogP contribution in [0.25, 0.3) is 0 Å². The Morgan fingerprint density at radius 2 is 2.00 bits per heavy atom. The molecule has 1 aromatic rings. The van der Waals surface area contributed by atoms with E-state index in [1.165, 1.54) is 7.11 Å². The minimum absolute atomic E-state index is 0.0161. The van der Waals surface area contributed by atoms with Crippen LogP contribution in [-0.4, -0.2) is 25.5 Å². The quantitative estimate of drug-likeness (QED) is 0.767. The second-order valence-corrected chi connectivity index (χ2v) is 4.52. The van der Waals surface area contributed by atoms with E-state index in [1.807, 2.05) is 6.92 Å². The number of unbranched alkanes of at least 4 members (excludes halogenated alkanes) is 1. The third-order valence-corrected chi connectivity index (χ3v) is 3.02. The molecule has 1 aromatic carbocycles. The summed E-state index contributed by atoms with van der Waals surface area (Å²) in [5.41, 5.74) is 2.26. The van der Waals surface area contributed by atoms with Gasteiger partial charge in [-0.05, 0) is 37.1 Å². The summed E-state index contributed by atoms with van der Waals surface area (Å²) in [6.07, 6.45) is 1.99. The van der Waals surface area contributed by atoms with Gasteiger partial charge in [-0.1, -0.05) is 13.3 Å². The van der Waals surface area contributed by atoms with E-state index < -0.39 is 0 Å². The first-order chi connectivity index (χ1) is 9.01.